The average molecular weight is 180 g/mol. The molecule has 1 heterocycles. The van der Waals surface area contributed by atoms with Gasteiger partial charge in [-0.25, -0.2) is 0 Å². The van der Waals surface area contributed by atoms with Gasteiger partial charge in [0.25, 0.3) is 0 Å². The topological polar surface area (TPSA) is 27.0 Å². The summed E-state index contributed by atoms with van der Waals surface area (Å²) in [6, 6.07) is 4.23. The monoisotopic (exact) mass is 180 g/mol. The number of rotatable bonds is 2. The molecule has 1 unspecified atom stereocenters. The molecule has 0 N–H and O–H groups in total. The Kier molecular flexibility index (Phi) is 2.72. The second-order valence-corrected chi connectivity index (χ2v) is 3.72. The molecule has 1 aromatic heterocycles. The molecule has 0 spiro atoms. The third-order valence-corrected chi connectivity index (χ3v) is 3.03. The highest BCUT2D eigenvalue weighted by Crippen LogP contribution is 2.26. The molecule has 0 saturated carbocycles. The Morgan fingerprint density at radius 1 is 1.67 bits per heavy atom. The van der Waals surface area contributed by atoms with Crippen LogP contribution in [-0.4, -0.2) is 13.1 Å². The smallest absolute Gasteiger partial charge is 0.114 e. The molecule has 0 amide bonds. The zero-order valence-electron chi connectivity index (χ0n) is 7.53. The van der Waals surface area contributed by atoms with Gasteiger partial charge in [0.2, 0.25) is 0 Å². The van der Waals surface area contributed by atoms with Crippen LogP contribution in [0.1, 0.15) is 12.5 Å². The molecule has 0 saturated heterocycles. The molecule has 1 atom stereocenters. The van der Waals surface area contributed by atoms with Gasteiger partial charge in [-0.3, -0.25) is 0 Å². The maximum Gasteiger partial charge on any atom is 0.114 e. The van der Waals surface area contributed by atoms with Crippen LogP contribution in [-0.2, 0) is 0 Å². The van der Waals surface area contributed by atoms with Crippen LogP contribution in [0.25, 0.3) is 0 Å². The van der Waals surface area contributed by atoms with Crippen molar-refractivity contribution < 1.29 is 0 Å². The molecular formula is C9H12N2S. The number of hydrogen-bond acceptors (Lipinski definition) is 3. The van der Waals surface area contributed by atoms with Crippen molar-refractivity contribution in [1.82, 2.24) is 0 Å². The fourth-order valence-corrected chi connectivity index (χ4v) is 1.97. The Labute approximate surface area is 77.0 Å². The quantitative estimate of drug-likeness (QED) is 0.698. The highest BCUT2D eigenvalue weighted by atomic mass is 32.1. The van der Waals surface area contributed by atoms with Gasteiger partial charge in [0.05, 0.1) is 11.1 Å². The summed E-state index contributed by atoms with van der Waals surface area (Å²) in [5.74, 6) is 0. The van der Waals surface area contributed by atoms with E-state index in [-0.39, 0.29) is 6.04 Å². The number of anilines is 1. The summed E-state index contributed by atoms with van der Waals surface area (Å²) in [4.78, 5) is 2.00. The number of thiophene rings is 1. The van der Waals surface area contributed by atoms with Gasteiger partial charge in [-0.15, -0.1) is 11.3 Å². The number of aryl methyl sites for hydroxylation is 1. The van der Waals surface area contributed by atoms with Crippen LogP contribution in [0.2, 0.25) is 0 Å². The lowest BCUT2D eigenvalue weighted by atomic mass is 10.3. The zero-order chi connectivity index (χ0) is 9.14. The Morgan fingerprint density at radius 2 is 2.33 bits per heavy atom. The van der Waals surface area contributed by atoms with Crippen molar-refractivity contribution in [3.63, 3.8) is 0 Å². The summed E-state index contributed by atoms with van der Waals surface area (Å²) >= 11 is 1.68. The minimum absolute atomic E-state index is 0.0534. The second-order valence-electron chi connectivity index (χ2n) is 2.82. The minimum atomic E-state index is -0.0534. The first-order chi connectivity index (χ1) is 5.66. The van der Waals surface area contributed by atoms with E-state index in [4.69, 9.17) is 5.26 Å². The van der Waals surface area contributed by atoms with Gasteiger partial charge in [0.15, 0.2) is 0 Å². The van der Waals surface area contributed by atoms with Crippen molar-refractivity contribution in [2.75, 3.05) is 11.9 Å². The first kappa shape index (κ1) is 9.08. The van der Waals surface area contributed by atoms with E-state index in [1.807, 2.05) is 24.3 Å². The summed E-state index contributed by atoms with van der Waals surface area (Å²) in [7, 11) is 1.95. The lowest BCUT2D eigenvalue weighted by Crippen LogP contribution is -2.26. The molecule has 0 aliphatic heterocycles. The van der Waals surface area contributed by atoms with E-state index in [1.54, 1.807) is 11.3 Å². The number of nitriles is 1. The van der Waals surface area contributed by atoms with Crippen LogP contribution < -0.4 is 4.90 Å². The van der Waals surface area contributed by atoms with E-state index < -0.39 is 0 Å². The molecule has 64 valence electrons. The van der Waals surface area contributed by atoms with Crippen LogP contribution >= 0.6 is 11.3 Å². The molecule has 0 bridgehead atoms. The second kappa shape index (κ2) is 3.59. The van der Waals surface area contributed by atoms with E-state index in [1.165, 1.54) is 10.6 Å². The largest absolute Gasteiger partial charge is 0.351 e. The summed E-state index contributed by atoms with van der Waals surface area (Å²) < 4.78 is 0. The third-order valence-electron chi connectivity index (χ3n) is 1.92. The molecule has 0 aliphatic rings. The molecule has 2 nitrogen and oxygen atoms in total. The van der Waals surface area contributed by atoms with E-state index in [2.05, 4.69) is 19.1 Å². The molecular weight excluding hydrogens is 168 g/mol. The Morgan fingerprint density at radius 3 is 2.75 bits per heavy atom. The summed E-state index contributed by atoms with van der Waals surface area (Å²) in [5, 5.41) is 11.9. The highest BCUT2D eigenvalue weighted by Gasteiger charge is 2.11. The minimum Gasteiger partial charge on any atom is -0.351 e. The van der Waals surface area contributed by atoms with Gasteiger partial charge in [0, 0.05) is 7.05 Å². The Hall–Kier alpha value is -1.01. The molecule has 1 aromatic rings. The highest BCUT2D eigenvalue weighted by molar-refractivity contribution is 7.14. The van der Waals surface area contributed by atoms with Gasteiger partial charge in [0.1, 0.15) is 6.04 Å². The van der Waals surface area contributed by atoms with Crippen LogP contribution in [0.4, 0.5) is 5.00 Å². The van der Waals surface area contributed by atoms with Gasteiger partial charge in [-0.1, -0.05) is 0 Å². The standard InChI is InChI=1S/C9H12N2S/c1-7-4-5-12-9(7)11(3)8(2)6-10/h4-5,8H,1-3H3. The van der Waals surface area contributed by atoms with Crippen molar-refractivity contribution in [3.05, 3.63) is 17.0 Å². The molecule has 0 aliphatic carbocycles. The fourth-order valence-electron chi connectivity index (χ4n) is 0.989. The summed E-state index contributed by atoms with van der Waals surface area (Å²) in [6.07, 6.45) is 0. The number of hydrogen-bond donors (Lipinski definition) is 0. The molecule has 0 fully saturated rings. The zero-order valence-corrected chi connectivity index (χ0v) is 8.35. The van der Waals surface area contributed by atoms with Crippen LogP contribution in [0.5, 0.6) is 0 Å². The normalized spacial score (nSPS) is 12.2. The maximum absolute atomic E-state index is 8.71. The van der Waals surface area contributed by atoms with Crippen LogP contribution in [0.3, 0.4) is 0 Å². The van der Waals surface area contributed by atoms with Crippen molar-refractivity contribution >= 4 is 16.3 Å². The molecule has 12 heavy (non-hydrogen) atoms. The SMILES string of the molecule is Cc1ccsc1N(C)C(C)C#N. The lowest BCUT2D eigenvalue weighted by Gasteiger charge is -2.20. The predicted molar refractivity (Wildman–Crippen MR) is 52.5 cm³/mol. The fraction of sp³-hybridized carbons (Fsp3) is 0.444. The van der Waals surface area contributed by atoms with E-state index in [0.29, 0.717) is 0 Å². The first-order valence-electron chi connectivity index (χ1n) is 3.83. The Bertz CT molecular complexity index is 298. The van der Waals surface area contributed by atoms with Crippen molar-refractivity contribution in [2.24, 2.45) is 0 Å². The molecule has 3 heteroatoms. The average Bonchev–Trinajstić information content (AvgIpc) is 2.48. The lowest BCUT2D eigenvalue weighted by molar-refractivity contribution is 0.841. The third kappa shape index (κ3) is 1.59. The van der Waals surface area contributed by atoms with E-state index >= 15 is 0 Å². The first-order valence-corrected chi connectivity index (χ1v) is 4.71. The van der Waals surface area contributed by atoms with E-state index in [9.17, 15) is 0 Å². The van der Waals surface area contributed by atoms with Crippen molar-refractivity contribution in [2.45, 2.75) is 19.9 Å². The van der Waals surface area contributed by atoms with Crippen LogP contribution in [0, 0.1) is 18.3 Å². The van der Waals surface area contributed by atoms with Crippen LogP contribution in [0.15, 0.2) is 11.4 Å². The van der Waals surface area contributed by atoms with Gasteiger partial charge in [-0.2, -0.15) is 5.26 Å². The molecule has 1 rings (SSSR count). The maximum atomic E-state index is 8.71. The summed E-state index contributed by atoms with van der Waals surface area (Å²) in [5.41, 5.74) is 1.24. The molecule has 0 aromatic carbocycles. The molecule has 0 radical (unpaired) electrons. The van der Waals surface area contributed by atoms with Gasteiger partial charge >= 0.3 is 0 Å². The van der Waals surface area contributed by atoms with Crippen molar-refractivity contribution in [3.8, 4) is 6.07 Å². The Balaban J connectivity index is 2.86. The van der Waals surface area contributed by atoms with E-state index in [0.717, 1.165) is 0 Å². The van der Waals surface area contributed by atoms with Crippen molar-refractivity contribution in [1.29, 1.82) is 5.26 Å². The van der Waals surface area contributed by atoms with Gasteiger partial charge < -0.3 is 4.90 Å². The number of nitrogens with zero attached hydrogens (tertiary/aromatic N) is 2. The summed E-state index contributed by atoms with van der Waals surface area (Å²) in [6.45, 7) is 3.96. The van der Waals surface area contributed by atoms with Gasteiger partial charge in [-0.05, 0) is 30.9 Å². The predicted octanol–water partition coefficient (Wildman–Crippen LogP) is 2.40.